The summed E-state index contributed by atoms with van der Waals surface area (Å²) in [6.07, 6.45) is 1.67. The first-order valence-corrected chi connectivity index (χ1v) is 4.72. The molecule has 0 aromatic carbocycles. The van der Waals surface area contributed by atoms with Crippen molar-refractivity contribution in [3.63, 3.8) is 0 Å². The van der Waals surface area contributed by atoms with Crippen molar-refractivity contribution in [2.24, 2.45) is 0 Å². The maximum Gasteiger partial charge on any atom is 0.407 e. The molecular weight excluding hydrogens is 170 g/mol. The Labute approximate surface area is 77.6 Å². The van der Waals surface area contributed by atoms with E-state index in [1.54, 1.807) is 0 Å². The molecule has 0 aromatic heterocycles. The van der Waals surface area contributed by atoms with Gasteiger partial charge in [0.05, 0.1) is 18.8 Å². The van der Waals surface area contributed by atoms with Crippen LogP contribution in [0.15, 0.2) is 0 Å². The van der Waals surface area contributed by atoms with Gasteiger partial charge in [-0.1, -0.05) is 0 Å². The number of nitrogens with one attached hydrogen (secondary N) is 1. The molecule has 4 nitrogen and oxygen atoms in total. The molecule has 0 aromatic rings. The number of carbonyl (C=O) groups excluding carboxylic acids is 1. The van der Waals surface area contributed by atoms with Gasteiger partial charge in [0, 0.05) is 12.8 Å². The number of amides is 1. The highest BCUT2D eigenvalue weighted by atomic mass is 16.6. The number of ether oxygens (including phenoxy) is 2. The number of rotatable bonds is 0. The van der Waals surface area contributed by atoms with Crippen LogP contribution in [-0.2, 0) is 9.47 Å². The van der Waals surface area contributed by atoms with E-state index < -0.39 is 0 Å². The molecule has 2 aliphatic heterocycles. The Balaban J connectivity index is 2.09. The molecule has 1 N–H and O–H groups in total. The van der Waals surface area contributed by atoms with Crippen molar-refractivity contribution in [2.75, 3.05) is 6.54 Å². The number of hydrogen-bond acceptors (Lipinski definition) is 3. The lowest BCUT2D eigenvalue weighted by molar-refractivity contribution is -0.116. The van der Waals surface area contributed by atoms with Gasteiger partial charge in [-0.3, -0.25) is 0 Å². The van der Waals surface area contributed by atoms with Crippen molar-refractivity contribution in [1.82, 2.24) is 5.32 Å². The average Bonchev–Trinajstić information content (AvgIpc) is 2.28. The molecule has 0 radical (unpaired) electrons. The van der Waals surface area contributed by atoms with E-state index in [0.717, 1.165) is 12.8 Å². The SMILES string of the molecule is CC1CC2(CNC(=O)O2)CC(C)O1. The summed E-state index contributed by atoms with van der Waals surface area (Å²) >= 11 is 0. The van der Waals surface area contributed by atoms with Crippen molar-refractivity contribution in [3.05, 3.63) is 0 Å². The molecule has 0 bridgehead atoms. The number of alkyl carbamates (subject to hydrolysis) is 1. The third-order valence-corrected chi connectivity index (χ3v) is 2.65. The minimum absolute atomic E-state index is 0.177. The summed E-state index contributed by atoms with van der Waals surface area (Å²) in [5, 5.41) is 2.70. The van der Waals surface area contributed by atoms with Gasteiger partial charge in [0.1, 0.15) is 5.60 Å². The van der Waals surface area contributed by atoms with Crippen LogP contribution in [-0.4, -0.2) is 30.4 Å². The Morgan fingerprint density at radius 3 is 2.46 bits per heavy atom. The van der Waals surface area contributed by atoms with Gasteiger partial charge in [-0.2, -0.15) is 0 Å². The molecule has 74 valence electrons. The van der Waals surface area contributed by atoms with Crippen molar-refractivity contribution in [3.8, 4) is 0 Å². The summed E-state index contributed by atoms with van der Waals surface area (Å²) in [6, 6.07) is 0. The molecule has 4 heteroatoms. The third-order valence-electron chi connectivity index (χ3n) is 2.65. The van der Waals surface area contributed by atoms with Gasteiger partial charge in [-0.05, 0) is 13.8 Å². The molecule has 0 aliphatic carbocycles. The summed E-state index contributed by atoms with van der Waals surface area (Å²) in [5.74, 6) is 0. The van der Waals surface area contributed by atoms with E-state index in [1.807, 2.05) is 13.8 Å². The van der Waals surface area contributed by atoms with E-state index in [2.05, 4.69) is 5.32 Å². The highest BCUT2D eigenvalue weighted by Crippen LogP contribution is 2.33. The molecule has 0 saturated carbocycles. The predicted octanol–water partition coefficient (Wildman–Crippen LogP) is 1.05. The largest absolute Gasteiger partial charge is 0.441 e. The van der Waals surface area contributed by atoms with E-state index in [9.17, 15) is 4.79 Å². The molecular formula is C9H15NO3. The van der Waals surface area contributed by atoms with Crippen LogP contribution in [0.1, 0.15) is 26.7 Å². The Bertz CT molecular complexity index is 219. The van der Waals surface area contributed by atoms with E-state index >= 15 is 0 Å². The predicted molar refractivity (Wildman–Crippen MR) is 46.5 cm³/mol. The summed E-state index contributed by atoms with van der Waals surface area (Å²) in [5.41, 5.74) is -0.297. The van der Waals surface area contributed by atoms with Crippen LogP contribution < -0.4 is 5.32 Å². The zero-order valence-corrected chi connectivity index (χ0v) is 8.00. The fraction of sp³-hybridized carbons (Fsp3) is 0.889. The number of hydrogen-bond donors (Lipinski definition) is 1. The zero-order chi connectivity index (χ0) is 9.47. The van der Waals surface area contributed by atoms with Crippen LogP contribution in [0.3, 0.4) is 0 Å². The molecule has 1 amide bonds. The lowest BCUT2D eigenvalue weighted by Gasteiger charge is -2.37. The second-order valence-corrected chi connectivity index (χ2v) is 4.09. The van der Waals surface area contributed by atoms with E-state index in [4.69, 9.17) is 9.47 Å². The summed E-state index contributed by atoms with van der Waals surface area (Å²) in [4.78, 5) is 11.0. The summed E-state index contributed by atoms with van der Waals surface area (Å²) < 4.78 is 10.9. The van der Waals surface area contributed by atoms with Crippen molar-refractivity contribution < 1.29 is 14.3 Å². The van der Waals surface area contributed by atoms with Gasteiger partial charge in [-0.15, -0.1) is 0 Å². The first-order chi connectivity index (χ1) is 6.10. The molecule has 2 atom stereocenters. The summed E-state index contributed by atoms with van der Waals surface area (Å²) in [6.45, 7) is 4.66. The van der Waals surface area contributed by atoms with Crippen LogP contribution in [0.5, 0.6) is 0 Å². The van der Waals surface area contributed by atoms with Gasteiger partial charge >= 0.3 is 6.09 Å². The molecule has 2 rings (SSSR count). The second kappa shape index (κ2) is 2.87. The molecule has 2 aliphatic rings. The second-order valence-electron chi connectivity index (χ2n) is 4.09. The molecule has 2 unspecified atom stereocenters. The first kappa shape index (κ1) is 8.81. The van der Waals surface area contributed by atoms with Crippen LogP contribution in [0, 0.1) is 0 Å². The maximum absolute atomic E-state index is 11.0. The highest BCUT2D eigenvalue weighted by Gasteiger charge is 2.45. The lowest BCUT2D eigenvalue weighted by atomic mass is 9.88. The molecule has 2 heterocycles. The topological polar surface area (TPSA) is 47.6 Å². The Morgan fingerprint density at radius 1 is 1.38 bits per heavy atom. The normalized spacial score (nSPS) is 44.6. The van der Waals surface area contributed by atoms with Crippen molar-refractivity contribution in [2.45, 2.75) is 44.5 Å². The molecule has 13 heavy (non-hydrogen) atoms. The van der Waals surface area contributed by atoms with Crippen molar-refractivity contribution in [1.29, 1.82) is 0 Å². The van der Waals surface area contributed by atoms with Crippen LogP contribution in [0.4, 0.5) is 4.79 Å². The van der Waals surface area contributed by atoms with E-state index in [1.165, 1.54) is 0 Å². The quantitative estimate of drug-likeness (QED) is 0.613. The smallest absolute Gasteiger partial charge is 0.407 e. The van der Waals surface area contributed by atoms with Crippen LogP contribution in [0.25, 0.3) is 0 Å². The van der Waals surface area contributed by atoms with Gasteiger partial charge in [0.2, 0.25) is 0 Å². The maximum atomic E-state index is 11.0. The Hall–Kier alpha value is -0.770. The minimum Gasteiger partial charge on any atom is -0.441 e. The van der Waals surface area contributed by atoms with E-state index in [0.29, 0.717) is 6.54 Å². The minimum atomic E-state index is -0.297. The Morgan fingerprint density at radius 2 is 2.00 bits per heavy atom. The Kier molecular flexibility index (Phi) is 1.95. The van der Waals surface area contributed by atoms with Gasteiger partial charge in [0.15, 0.2) is 0 Å². The monoisotopic (exact) mass is 185 g/mol. The summed E-state index contributed by atoms with van der Waals surface area (Å²) in [7, 11) is 0. The van der Waals surface area contributed by atoms with Gasteiger partial charge < -0.3 is 14.8 Å². The first-order valence-electron chi connectivity index (χ1n) is 4.72. The van der Waals surface area contributed by atoms with Crippen LogP contribution in [0.2, 0.25) is 0 Å². The van der Waals surface area contributed by atoms with Gasteiger partial charge in [0.25, 0.3) is 0 Å². The fourth-order valence-electron chi connectivity index (χ4n) is 2.35. The average molecular weight is 185 g/mol. The standard InChI is InChI=1S/C9H15NO3/c1-6-3-9(4-7(2)12-6)5-10-8(11)13-9/h6-7H,3-5H2,1-2H3,(H,10,11). The zero-order valence-electron chi connectivity index (χ0n) is 8.00. The highest BCUT2D eigenvalue weighted by molar-refractivity contribution is 5.70. The van der Waals surface area contributed by atoms with E-state index in [-0.39, 0.29) is 23.9 Å². The molecule has 2 saturated heterocycles. The fourth-order valence-corrected chi connectivity index (χ4v) is 2.35. The third kappa shape index (κ3) is 1.63. The molecule has 2 fully saturated rings. The van der Waals surface area contributed by atoms with Gasteiger partial charge in [-0.25, -0.2) is 4.79 Å². The lowest BCUT2D eigenvalue weighted by Crippen LogP contribution is -2.45. The molecule has 1 spiro atoms. The van der Waals surface area contributed by atoms with Crippen LogP contribution >= 0.6 is 0 Å². The van der Waals surface area contributed by atoms with Crippen molar-refractivity contribution >= 4 is 6.09 Å². The number of carbonyl (C=O) groups is 1.